The molecule has 0 radical (unpaired) electrons. The fourth-order valence-corrected chi connectivity index (χ4v) is 3.98. The number of methoxy groups -OCH3 is 1. The quantitative estimate of drug-likeness (QED) is 0.708. The van der Waals surface area contributed by atoms with Crippen LogP contribution in [0.5, 0.6) is 5.75 Å². The van der Waals surface area contributed by atoms with Crippen LogP contribution < -0.4 is 10.1 Å². The van der Waals surface area contributed by atoms with Gasteiger partial charge >= 0.3 is 0 Å². The Morgan fingerprint density at radius 2 is 1.86 bits per heavy atom. The zero-order valence-electron chi connectivity index (χ0n) is 16.4. The van der Waals surface area contributed by atoms with Gasteiger partial charge in [0.25, 0.3) is 5.91 Å². The van der Waals surface area contributed by atoms with Crippen LogP contribution >= 0.6 is 0 Å². The van der Waals surface area contributed by atoms with Gasteiger partial charge in [0.05, 0.1) is 12.9 Å². The van der Waals surface area contributed by atoms with Gasteiger partial charge in [0.1, 0.15) is 21.6 Å². The number of ether oxygens (including phenoxy) is 1. The van der Waals surface area contributed by atoms with Gasteiger partial charge in [-0.25, -0.2) is 8.42 Å². The average Bonchev–Trinajstić information content (AvgIpc) is 3.03. The van der Waals surface area contributed by atoms with E-state index in [-0.39, 0.29) is 30.5 Å². The Balaban J connectivity index is 1.74. The van der Waals surface area contributed by atoms with Gasteiger partial charge in [0, 0.05) is 24.9 Å². The van der Waals surface area contributed by atoms with Gasteiger partial charge in [0.2, 0.25) is 5.91 Å². The molecule has 0 fully saturated rings. The predicted octanol–water partition coefficient (Wildman–Crippen LogP) is 1.77. The number of amides is 2. The van der Waals surface area contributed by atoms with E-state index in [4.69, 9.17) is 4.74 Å². The summed E-state index contributed by atoms with van der Waals surface area (Å²) in [4.78, 5) is 27.2. The van der Waals surface area contributed by atoms with Crippen molar-refractivity contribution in [2.45, 2.75) is 25.6 Å². The third kappa shape index (κ3) is 5.14. The largest absolute Gasteiger partial charge is 0.497 e. The summed E-state index contributed by atoms with van der Waals surface area (Å²) in [5.74, 6) is -0.0795. The molecule has 1 heterocycles. The van der Waals surface area contributed by atoms with Crippen LogP contribution in [0.4, 0.5) is 0 Å². The van der Waals surface area contributed by atoms with Crippen LogP contribution in [0.3, 0.4) is 0 Å². The maximum atomic E-state index is 12.9. The van der Waals surface area contributed by atoms with E-state index >= 15 is 0 Å². The van der Waals surface area contributed by atoms with Crippen molar-refractivity contribution in [1.82, 2.24) is 10.2 Å². The molecule has 154 valence electrons. The number of fused-ring (bicyclic) bond motifs is 1. The molecule has 1 atom stereocenters. The van der Waals surface area contributed by atoms with Crippen LogP contribution in [-0.4, -0.2) is 50.3 Å². The van der Waals surface area contributed by atoms with Crippen molar-refractivity contribution in [3.63, 3.8) is 0 Å². The standard InChI is InChI=1S/C21H24N2O5S/c1-28-17-9-7-15(8-10-17)13-22-20(24)19(11-12-29(2,26)27)23-14-16-5-3-4-6-18(16)21(23)25/h3-10,19H,11-14H2,1-2H3,(H,22,24). The van der Waals surface area contributed by atoms with E-state index in [1.165, 1.54) is 4.90 Å². The van der Waals surface area contributed by atoms with Crippen molar-refractivity contribution < 1.29 is 22.7 Å². The molecule has 1 aliphatic heterocycles. The number of nitrogens with zero attached hydrogens (tertiary/aromatic N) is 1. The van der Waals surface area contributed by atoms with Crippen molar-refractivity contribution in [2.75, 3.05) is 19.1 Å². The molecule has 29 heavy (non-hydrogen) atoms. The number of carbonyl (C=O) groups is 2. The van der Waals surface area contributed by atoms with E-state index in [1.54, 1.807) is 31.4 Å². The Bertz CT molecular complexity index is 1000. The highest BCUT2D eigenvalue weighted by Crippen LogP contribution is 2.26. The molecule has 1 unspecified atom stereocenters. The summed E-state index contributed by atoms with van der Waals surface area (Å²) in [6.45, 7) is 0.562. The summed E-state index contributed by atoms with van der Waals surface area (Å²) in [5, 5.41) is 2.83. The number of sulfone groups is 1. The summed E-state index contributed by atoms with van der Waals surface area (Å²) in [6, 6.07) is 13.6. The Morgan fingerprint density at radius 3 is 2.48 bits per heavy atom. The molecule has 0 spiro atoms. The first kappa shape index (κ1) is 20.9. The first-order chi connectivity index (χ1) is 13.8. The highest BCUT2D eigenvalue weighted by Gasteiger charge is 2.36. The SMILES string of the molecule is COc1ccc(CNC(=O)C(CCS(C)(=O)=O)N2Cc3ccccc3C2=O)cc1. The topological polar surface area (TPSA) is 92.8 Å². The van der Waals surface area contributed by atoms with Gasteiger partial charge < -0.3 is 15.0 Å². The Labute approximate surface area is 170 Å². The summed E-state index contributed by atoms with van der Waals surface area (Å²) in [6.07, 6.45) is 1.17. The summed E-state index contributed by atoms with van der Waals surface area (Å²) in [7, 11) is -1.70. The predicted molar refractivity (Wildman–Crippen MR) is 109 cm³/mol. The lowest BCUT2D eigenvalue weighted by Gasteiger charge is -2.27. The minimum Gasteiger partial charge on any atom is -0.497 e. The molecule has 8 heteroatoms. The molecule has 3 rings (SSSR count). The van der Waals surface area contributed by atoms with E-state index < -0.39 is 15.9 Å². The molecule has 0 bridgehead atoms. The Kier molecular flexibility index (Phi) is 6.22. The Morgan fingerprint density at radius 1 is 1.17 bits per heavy atom. The molecule has 2 amide bonds. The maximum absolute atomic E-state index is 12.9. The van der Waals surface area contributed by atoms with Crippen molar-refractivity contribution in [3.05, 3.63) is 65.2 Å². The summed E-state index contributed by atoms with van der Waals surface area (Å²) in [5.41, 5.74) is 2.27. The number of hydrogen-bond donors (Lipinski definition) is 1. The molecular formula is C21H24N2O5S. The van der Waals surface area contributed by atoms with Crippen LogP contribution in [0.25, 0.3) is 0 Å². The third-order valence-corrected chi connectivity index (χ3v) is 5.89. The van der Waals surface area contributed by atoms with Crippen molar-refractivity contribution in [1.29, 1.82) is 0 Å². The van der Waals surface area contributed by atoms with Crippen LogP contribution in [0.1, 0.15) is 27.9 Å². The molecule has 0 aliphatic carbocycles. The molecule has 0 saturated heterocycles. The normalized spacial score (nSPS) is 14.4. The van der Waals surface area contributed by atoms with E-state index in [1.807, 2.05) is 24.3 Å². The van der Waals surface area contributed by atoms with Crippen molar-refractivity contribution in [3.8, 4) is 5.75 Å². The maximum Gasteiger partial charge on any atom is 0.255 e. The molecule has 1 aliphatic rings. The minimum absolute atomic E-state index is 0.0486. The minimum atomic E-state index is -3.27. The highest BCUT2D eigenvalue weighted by molar-refractivity contribution is 7.90. The summed E-state index contributed by atoms with van der Waals surface area (Å²) < 4.78 is 28.4. The molecule has 7 nitrogen and oxygen atoms in total. The van der Waals surface area contributed by atoms with Crippen molar-refractivity contribution >= 4 is 21.7 Å². The van der Waals surface area contributed by atoms with Gasteiger partial charge in [-0.05, 0) is 35.7 Å². The zero-order valence-corrected chi connectivity index (χ0v) is 17.2. The highest BCUT2D eigenvalue weighted by atomic mass is 32.2. The number of nitrogens with one attached hydrogen (secondary N) is 1. The average molecular weight is 416 g/mol. The van der Waals surface area contributed by atoms with E-state index in [9.17, 15) is 18.0 Å². The Hall–Kier alpha value is -2.87. The first-order valence-electron chi connectivity index (χ1n) is 9.26. The molecule has 2 aromatic rings. The van der Waals surface area contributed by atoms with Gasteiger partial charge in [-0.2, -0.15) is 0 Å². The zero-order chi connectivity index (χ0) is 21.0. The molecule has 2 aromatic carbocycles. The van der Waals surface area contributed by atoms with Gasteiger partial charge in [0.15, 0.2) is 0 Å². The van der Waals surface area contributed by atoms with Gasteiger partial charge in [-0.3, -0.25) is 9.59 Å². The van der Waals surface area contributed by atoms with Gasteiger partial charge in [-0.15, -0.1) is 0 Å². The first-order valence-corrected chi connectivity index (χ1v) is 11.3. The fraction of sp³-hybridized carbons (Fsp3) is 0.333. The second kappa shape index (κ2) is 8.65. The molecular weight excluding hydrogens is 392 g/mol. The van der Waals surface area contributed by atoms with E-state index in [0.29, 0.717) is 17.9 Å². The number of rotatable bonds is 8. The number of hydrogen-bond acceptors (Lipinski definition) is 5. The van der Waals surface area contributed by atoms with Crippen LogP contribution in [0.2, 0.25) is 0 Å². The lowest BCUT2D eigenvalue weighted by atomic mass is 10.1. The lowest BCUT2D eigenvalue weighted by molar-refractivity contribution is -0.126. The number of carbonyl (C=O) groups excluding carboxylic acids is 2. The second-order valence-electron chi connectivity index (χ2n) is 7.09. The fourth-order valence-electron chi connectivity index (χ4n) is 3.33. The second-order valence-corrected chi connectivity index (χ2v) is 9.35. The molecule has 0 saturated carbocycles. The smallest absolute Gasteiger partial charge is 0.255 e. The molecule has 0 aromatic heterocycles. The lowest BCUT2D eigenvalue weighted by Crippen LogP contribution is -2.47. The van der Waals surface area contributed by atoms with Crippen LogP contribution in [-0.2, 0) is 27.7 Å². The van der Waals surface area contributed by atoms with Crippen LogP contribution in [0, 0.1) is 0 Å². The molecule has 1 N–H and O–H groups in total. The van der Waals surface area contributed by atoms with Crippen LogP contribution in [0.15, 0.2) is 48.5 Å². The van der Waals surface area contributed by atoms with E-state index in [0.717, 1.165) is 17.4 Å². The monoisotopic (exact) mass is 416 g/mol. The number of benzene rings is 2. The van der Waals surface area contributed by atoms with Gasteiger partial charge in [-0.1, -0.05) is 30.3 Å². The van der Waals surface area contributed by atoms with Crippen molar-refractivity contribution in [2.24, 2.45) is 0 Å². The summed E-state index contributed by atoms with van der Waals surface area (Å²) >= 11 is 0. The van der Waals surface area contributed by atoms with E-state index in [2.05, 4.69) is 5.32 Å². The third-order valence-electron chi connectivity index (χ3n) is 4.92.